The summed E-state index contributed by atoms with van der Waals surface area (Å²) in [5, 5.41) is 7.60. The Morgan fingerprint density at radius 2 is 1.69 bits per heavy atom. The molecule has 1 unspecified atom stereocenters. The Morgan fingerprint density at radius 3 is 2.42 bits per heavy atom. The first-order valence-corrected chi connectivity index (χ1v) is 12.5. The van der Waals surface area contributed by atoms with E-state index < -0.39 is 0 Å². The summed E-state index contributed by atoms with van der Waals surface area (Å²) in [6, 6.07) is 25.8. The van der Waals surface area contributed by atoms with E-state index in [0.29, 0.717) is 30.3 Å². The third-order valence-electron chi connectivity index (χ3n) is 6.65. The van der Waals surface area contributed by atoms with Crippen LogP contribution in [0.4, 0.5) is 0 Å². The molecule has 6 nitrogen and oxygen atoms in total. The van der Waals surface area contributed by atoms with Gasteiger partial charge in [0.05, 0.1) is 18.8 Å². The number of fused-ring (bicyclic) bond motifs is 1. The van der Waals surface area contributed by atoms with E-state index in [1.165, 1.54) is 0 Å². The average Bonchev–Trinajstić information content (AvgIpc) is 3.47. The summed E-state index contributed by atoms with van der Waals surface area (Å²) < 4.78 is 11.8. The zero-order chi connectivity index (χ0) is 24.9. The van der Waals surface area contributed by atoms with E-state index in [1.807, 2.05) is 83.8 Å². The maximum Gasteiger partial charge on any atom is 0.273 e. The van der Waals surface area contributed by atoms with Crippen molar-refractivity contribution in [3.63, 3.8) is 0 Å². The number of nitrogens with zero attached hydrogens (tertiary/aromatic N) is 2. The van der Waals surface area contributed by atoms with Crippen molar-refractivity contribution in [2.24, 2.45) is 0 Å². The van der Waals surface area contributed by atoms with Gasteiger partial charge < -0.3 is 14.4 Å². The van der Waals surface area contributed by atoms with Crippen molar-refractivity contribution in [2.75, 3.05) is 13.7 Å². The van der Waals surface area contributed by atoms with E-state index in [2.05, 4.69) is 17.1 Å². The molecule has 2 heterocycles. The summed E-state index contributed by atoms with van der Waals surface area (Å²) in [7, 11) is 1.64. The number of unbranched alkanes of at least 4 members (excludes halogenated alkanes) is 2. The van der Waals surface area contributed by atoms with Gasteiger partial charge in [-0.25, -0.2) is 0 Å². The smallest absolute Gasteiger partial charge is 0.273 e. The van der Waals surface area contributed by atoms with Crippen molar-refractivity contribution >= 4 is 5.91 Å². The zero-order valence-electron chi connectivity index (χ0n) is 20.7. The highest BCUT2D eigenvalue weighted by Gasteiger charge is 2.42. The molecule has 1 atom stereocenters. The minimum atomic E-state index is -0.254. The quantitative estimate of drug-likeness (QED) is 0.266. The number of hydrogen-bond acceptors (Lipinski definition) is 4. The number of carbonyl (C=O) groups is 1. The van der Waals surface area contributed by atoms with Crippen LogP contribution in [0.25, 0.3) is 11.3 Å². The monoisotopic (exact) mass is 481 g/mol. The Balaban J connectivity index is 1.52. The van der Waals surface area contributed by atoms with E-state index in [1.54, 1.807) is 7.11 Å². The first-order chi connectivity index (χ1) is 17.7. The fourth-order valence-electron chi connectivity index (χ4n) is 4.83. The van der Waals surface area contributed by atoms with Crippen molar-refractivity contribution in [1.82, 2.24) is 15.1 Å². The number of carbonyl (C=O) groups excluding carboxylic acids is 1. The van der Waals surface area contributed by atoms with Gasteiger partial charge in [0.2, 0.25) is 0 Å². The van der Waals surface area contributed by atoms with Crippen LogP contribution in [0.3, 0.4) is 0 Å². The number of methoxy groups -OCH3 is 1. The Labute approximate surface area is 211 Å². The van der Waals surface area contributed by atoms with Crippen LogP contribution in [0.5, 0.6) is 11.5 Å². The lowest BCUT2D eigenvalue weighted by molar-refractivity contribution is 0.0740. The number of amides is 1. The third kappa shape index (κ3) is 4.59. The highest BCUT2D eigenvalue weighted by molar-refractivity contribution is 6.00. The van der Waals surface area contributed by atoms with Gasteiger partial charge in [0.1, 0.15) is 12.3 Å². The van der Waals surface area contributed by atoms with Gasteiger partial charge in [0.15, 0.2) is 11.5 Å². The summed E-state index contributed by atoms with van der Waals surface area (Å²) >= 11 is 0. The highest BCUT2D eigenvalue weighted by Crippen LogP contribution is 2.44. The third-order valence-corrected chi connectivity index (χ3v) is 6.65. The molecule has 0 radical (unpaired) electrons. The van der Waals surface area contributed by atoms with Gasteiger partial charge in [-0.2, -0.15) is 5.10 Å². The van der Waals surface area contributed by atoms with Gasteiger partial charge in [-0.1, -0.05) is 86.5 Å². The Morgan fingerprint density at radius 1 is 0.944 bits per heavy atom. The van der Waals surface area contributed by atoms with Crippen LogP contribution < -0.4 is 9.47 Å². The number of ether oxygens (including phenoxy) is 2. The number of rotatable bonds is 10. The molecule has 4 aromatic rings. The molecule has 0 bridgehead atoms. The largest absolute Gasteiger partial charge is 0.493 e. The molecule has 1 aromatic heterocycles. The lowest BCUT2D eigenvalue weighted by atomic mass is 9.95. The predicted octanol–water partition coefficient (Wildman–Crippen LogP) is 6.40. The minimum absolute atomic E-state index is 0.0100. The second-order valence-electron chi connectivity index (χ2n) is 9.02. The first-order valence-electron chi connectivity index (χ1n) is 12.5. The molecule has 5 rings (SSSR count). The number of aromatic amines is 1. The molecule has 1 N–H and O–H groups in total. The highest BCUT2D eigenvalue weighted by atomic mass is 16.5. The molecule has 6 heteroatoms. The van der Waals surface area contributed by atoms with Crippen LogP contribution in [0.1, 0.15) is 59.4 Å². The maximum absolute atomic E-state index is 13.5. The Kier molecular flexibility index (Phi) is 7.03. The van der Waals surface area contributed by atoms with Gasteiger partial charge >= 0.3 is 0 Å². The summed E-state index contributed by atoms with van der Waals surface area (Å²) in [4.78, 5) is 15.5. The number of H-pyrrole nitrogens is 1. The molecule has 0 saturated heterocycles. The first kappa shape index (κ1) is 23.7. The van der Waals surface area contributed by atoms with Crippen LogP contribution in [0.2, 0.25) is 0 Å². The van der Waals surface area contributed by atoms with Gasteiger partial charge in [-0.15, -0.1) is 0 Å². The number of hydrogen-bond donors (Lipinski definition) is 1. The molecule has 184 valence electrons. The van der Waals surface area contributed by atoms with Crippen molar-refractivity contribution in [2.45, 2.75) is 38.8 Å². The normalized spacial score (nSPS) is 14.7. The second-order valence-corrected chi connectivity index (χ2v) is 9.02. The van der Waals surface area contributed by atoms with E-state index in [-0.39, 0.29) is 11.9 Å². The Bertz CT molecular complexity index is 1320. The van der Waals surface area contributed by atoms with E-state index in [4.69, 9.17) is 9.47 Å². The van der Waals surface area contributed by atoms with E-state index in [9.17, 15) is 4.79 Å². The summed E-state index contributed by atoms with van der Waals surface area (Å²) in [6.45, 7) is 3.30. The predicted molar refractivity (Wildman–Crippen MR) is 140 cm³/mol. The molecular formula is C30H31N3O3. The average molecular weight is 482 g/mol. The fourth-order valence-corrected chi connectivity index (χ4v) is 4.83. The van der Waals surface area contributed by atoms with Crippen molar-refractivity contribution in [3.05, 3.63) is 101 Å². The molecule has 0 fully saturated rings. The summed E-state index contributed by atoms with van der Waals surface area (Å²) in [5.74, 6) is 1.30. The van der Waals surface area contributed by atoms with Gasteiger partial charge in [0.25, 0.3) is 5.91 Å². The van der Waals surface area contributed by atoms with E-state index in [0.717, 1.165) is 47.2 Å². The number of benzene rings is 3. The summed E-state index contributed by atoms with van der Waals surface area (Å²) in [5.41, 5.74) is 5.34. The van der Waals surface area contributed by atoms with E-state index >= 15 is 0 Å². The molecule has 1 aliphatic rings. The SMILES string of the molecule is CCCCCN1C(=O)c2[nH]nc(-c3ccccc3)c2C1c1ccc(OCc2ccccc2)c(OC)c1. The van der Waals surface area contributed by atoms with Crippen LogP contribution in [-0.4, -0.2) is 34.7 Å². The zero-order valence-corrected chi connectivity index (χ0v) is 20.7. The Hall–Kier alpha value is -4.06. The van der Waals surface area contributed by atoms with Crippen molar-refractivity contribution in [1.29, 1.82) is 0 Å². The molecule has 3 aromatic carbocycles. The molecule has 0 saturated carbocycles. The maximum atomic E-state index is 13.5. The molecule has 36 heavy (non-hydrogen) atoms. The van der Waals surface area contributed by atoms with Gasteiger partial charge in [-0.3, -0.25) is 9.89 Å². The summed E-state index contributed by atoms with van der Waals surface area (Å²) in [6.07, 6.45) is 3.12. The lowest BCUT2D eigenvalue weighted by Crippen LogP contribution is -2.30. The van der Waals surface area contributed by atoms with Crippen molar-refractivity contribution in [3.8, 4) is 22.8 Å². The molecule has 1 amide bonds. The number of nitrogens with one attached hydrogen (secondary N) is 1. The van der Waals surface area contributed by atoms with Crippen LogP contribution in [0.15, 0.2) is 78.9 Å². The fraction of sp³-hybridized carbons (Fsp3) is 0.267. The van der Waals surface area contributed by atoms with Crippen LogP contribution >= 0.6 is 0 Å². The molecule has 0 aliphatic carbocycles. The topological polar surface area (TPSA) is 67.5 Å². The van der Waals surface area contributed by atoms with Gasteiger partial charge in [0, 0.05) is 17.7 Å². The molecule has 1 aliphatic heterocycles. The van der Waals surface area contributed by atoms with Gasteiger partial charge in [-0.05, 0) is 29.7 Å². The number of aromatic nitrogens is 2. The molecule has 0 spiro atoms. The standard InChI is InChI=1S/C30H31N3O3/c1-3-4-11-18-33-29(26-27(22-14-9-6-10-15-22)31-32-28(26)30(33)34)23-16-17-24(25(19-23)35-2)36-20-21-12-7-5-8-13-21/h5-10,12-17,19,29H,3-4,11,18,20H2,1-2H3,(H,31,32). The van der Waals surface area contributed by atoms with Crippen molar-refractivity contribution < 1.29 is 14.3 Å². The van der Waals surface area contributed by atoms with Crippen LogP contribution in [-0.2, 0) is 6.61 Å². The van der Waals surface area contributed by atoms with Crippen LogP contribution in [0, 0.1) is 0 Å². The minimum Gasteiger partial charge on any atom is -0.493 e. The lowest BCUT2D eigenvalue weighted by Gasteiger charge is -2.27. The molecular weight excluding hydrogens is 450 g/mol. The second kappa shape index (κ2) is 10.7.